The minimum Gasteiger partial charge on any atom is -0.492 e. The predicted octanol–water partition coefficient (Wildman–Crippen LogP) is 3.53. The minimum absolute atomic E-state index is 0.698. The Bertz CT molecular complexity index is 416. The number of thiophene rings is 1. The normalized spacial score (nSPS) is 10.2. The third-order valence-corrected chi connectivity index (χ3v) is 3.45. The van der Waals surface area contributed by atoms with Crippen LogP contribution in [0.1, 0.15) is 4.88 Å². The summed E-state index contributed by atoms with van der Waals surface area (Å²) in [4.78, 5) is 5.33. The number of hydrogen-bond acceptors (Lipinski definition) is 3. The largest absolute Gasteiger partial charge is 0.492 e. The predicted molar refractivity (Wildman–Crippen MR) is 65.5 cm³/mol. The van der Waals surface area contributed by atoms with Gasteiger partial charge in [0, 0.05) is 23.7 Å². The average Bonchev–Trinajstić information content (AvgIpc) is 2.74. The molecule has 2 aromatic heterocycles. The van der Waals surface area contributed by atoms with Gasteiger partial charge < -0.3 is 4.74 Å². The summed E-state index contributed by atoms with van der Waals surface area (Å²) in [6, 6.07) is 6.04. The van der Waals surface area contributed by atoms with Gasteiger partial charge in [0.15, 0.2) is 0 Å². The molecule has 0 bridgehead atoms. The molecular formula is C11H10BrNOS. The first-order valence-electron chi connectivity index (χ1n) is 4.61. The van der Waals surface area contributed by atoms with Crippen molar-refractivity contribution in [3.05, 3.63) is 45.3 Å². The molecule has 0 aliphatic carbocycles. The van der Waals surface area contributed by atoms with Gasteiger partial charge in [0.1, 0.15) is 5.75 Å². The number of pyridine rings is 1. The van der Waals surface area contributed by atoms with E-state index in [9.17, 15) is 0 Å². The zero-order chi connectivity index (χ0) is 10.5. The summed E-state index contributed by atoms with van der Waals surface area (Å²) in [5, 5.41) is 2.08. The van der Waals surface area contributed by atoms with Crippen LogP contribution in [0.3, 0.4) is 0 Å². The molecule has 15 heavy (non-hydrogen) atoms. The third-order valence-electron chi connectivity index (χ3n) is 1.92. The van der Waals surface area contributed by atoms with E-state index in [-0.39, 0.29) is 0 Å². The first-order chi connectivity index (χ1) is 7.36. The van der Waals surface area contributed by atoms with Crippen LogP contribution < -0.4 is 4.74 Å². The second-order valence-corrected chi connectivity index (χ2v) is 4.87. The number of hydrogen-bond donors (Lipinski definition) is 0. The molecule has 0 unspecified atom stereocenters. The average molecular weight is 284 g/mol. The second kappa shape index (κ2) is 5.28. The van der Waals surface area contributed by atoms with Gasteiger partial charge >= 0.3 is 0 Å². The lowest BCUT2D eigenvalue weighted by Gasteiger charge is -2.06. The summed E-state index contributed by atoms with van der Waals surface area (Å²) in [6.07, 6.45) is 4.41. The van der Waals surface area contributed by atoms with Crippen LogP contribution in [0.25, 0.3) is 0 Å². The summed E-state index contributed by atoms with van der Waals surface area (Å²) in [7, 11) is 0. The van der Waals surface area contributed by atoms with Crippen LogP contribution in [0.4, 0.5) is 0 Å². The van der Waals surface area contributed by atoms with E-state index in [0.717, 1.165) is 16.6 Å². The topological polar surface area (TPSA) is 22.1 Å². The van der Waals surface area contributed by atoms with E-state index in [1.807, 2.05) is 6.07 Å². The van der Waals surface area contributed by atoms with Gasteiger partial charge in [0.2, 0.25) is 0 Å². The Morgan fingerprint density at radius 2 is 2.33 bits per heavy atom. The molecule has 0 fully saturated rings. The summed E-state index contributed by atoms with van der Waals surface area (Å²) < 4.78 is 6.53. The Morgan fingerprint density at radius 1 is 1.40 bits per heavy atom. The van der Waals surface area contributed by atoms with Gasteiger partial charge in [0.25, 0.3) is 0 Å². The molecule has 0 saturated carbocycles. The molecule has 2 rings (SSSR count). The van der Waals surface area contributed by atoms with Gasteiger partial charge in [-0.1, -0.05) is 6.07 Å². The number of nitrogens with zero attached hydrogens (tertiary/aromatic N) is 1. The van der Waals surface area contributed by atoms with Crippen molar-refractivity contribution in [1.29, 1.82) is 0 Å². The van der Waals surface area contributed by atoms with Crippen molar-refractivity contribution < 1.29 is 4.74 Å². The minimum atomic E-state index is 0.698. The lowest BCUT2D eigenvalue weighted by atomic mass is 10.3. The molecule has 0 saturated heterocycles. The van der Waals surface area contributed by atoms with Gasteiger partial charge in [-0.2, -0.15) is 0 Å². The molecule has 0 aromatic carbocycles. The quantitative estimate of drug-likeness (QED) is 0.857. The Balaban J connectivity index is 1.86. The van der Waals surface area contributed by atoms with Gasteiger partial charge in [-0.05, 0) is 33.4 Å². The van der Waals surface area contributed by atoms with Gasteiger partial charge in [-0.3, -0.25) is 4.98 Å². The summed E-state index contributed by atoms with van der Waals surface area (Å²) in [5.41, 5.74) is 0. The van der Waals surface area contributed by atoms with Crippen LogP contribution in [-0.2, 0) is 6.42 Å². The monoisotopic (exact) mass is 283 g/mol. The van der Waals surface area contributed by atoms with Crippen molar-refractivity contribution in [2.75, 3.05) is 6.61 Å². The molecule has 0 aliphatic heterocycles. The third kappa shape index (κ3) is 3.04. The first kappa shape index (κ1) is 10.6. The van der Waals surface area contributed by atoms with E-state index in [1.54, 1.807) is 23.7 Å². The maximum atomic E-state index is 5.63. The molecule has 0 spiro atoms. The zero-order valence-corrected chi connectivity index (χ0v) is 10.4. The van der Waals surface area contributed by atoms with Crippen LogP contribution in [-0.4, -0.2) is 11.6 Å². The second-order valence-electron chi connectivity index (χ2n) is 2.98. The van der Waals surface area contributed by atoms with E-state index in [2.05, 4.69) is 38.4 Å². The maximum Gasteiger partial charge on any atom is 0.136 e. The van der Waals surface area contributed by atoms with Crippen molar-refractivity contribution in [3.63, 3.8) is 0 Å². The lowest BCUT2D eigenvalue weighted by molar-refractivity contribution is 0.320. The van der Waals surface area contributed by atoms with E-state index >= 15 is 0 Å². The number of ether oxygens (including phenoxy) is 1. The number of rotatable bonds is 4. The van der Waals surface area contributed by atoms with E-state index < -0.39 is 0 Å². The Kier molecular flexibility index (Phi) is 3.75. The van der Waals surface area contributed by atoms with Gasteiger partial charge in [0.05, 0.1) is 11.1 Å². The van der Waals surface area contributed by atoms with Crippen LogP contribution in [0.15, 0.2) is 40.4 Å². The highest BCUT2D eigenvalue weighted by atomic mass is 79.9. The van der Waals surface area contributed by atoms with Gasteiger partial charge in [-0.15, -0.1) is 11.3 Å². The van der Waals surface area contributed by atoms with Crippen LogP contribution in [0.2, 0.25) is 0 Å². The van der Waals surface area contributed by atoms with E-state index in [0.29, 0.717) is 6.61 Å². The number of aromatic nitrogens is 1. The van der Waals surface area contributed by atoms with Crippen molar-refractivity contribution in [2.45, 2.75) is 6.42 Å². The SMILES string of the molecule is Brc1cnccc1OCCc1cccs1. The molecule has 2 nitrogen and oxygen atoms in total. The van der Waals surface area contributed by atoms with Crippen molar-refractivity contribution in [3.8, 4) is 5.75 Å². The van der Waals surface area contributed by atoms with Crippen molar-refractivity contribution >= 4 is 27.3 Å². The molecule has 78 valence electrons. The molecular weight excluding hydrogens is 274 g/mol. The molecule has 0 N–H and O–H groups in total. The summed E-state index contributed by atoms with van der Waals surface area (Å²) in [5.74, 6) is 0.849. The Labute approximate surface area is 101 Å². The van der Waals surface area contributed by atoms with E-state index in [1.165, 1.54) is 4.88 Å². The Morgan fingerprint density at radius 3 is 3.07 bits per heavy atom. The lowest BCUT2D eigenvalue weighted by Crippen LogP contribution is -2.00. The highest BCUT2D eigenvalue weighted by Gasteiger charge is 2.00. The smallest absolute Gasteiger partial charge is 0.136 e. The van der Waals surface area contributed by atoms with Crippen LogP contribution in [0.5, 0.6) is 5.75 Å². The fourth-order valence-electron chi connectivity index (χ4n) is 1.20. The first-order valence-corrected chi connectivity index (χ1v) is 6.28. The molecule has 0 atom stereocenters. The maximum absolute atomic E-state index is 5.63. The molecule has 2 aromatic rings. The highest BCUT2D eigenvalue weighted by molar-refractivity contribution is 9.10. The van der Waals surface area contributed by atoms with Crippen LogP contribution in [0, 0.1) is 0 Å². The molecule has 0 radical (unpaired) electrons. The fourth-order valence-corrected chi connectivity index (χ4v) is 2.25. The van der Waals surface area contributed by atoms with Crippen molar-refractivity contribution in [2.24, 2.45) is 0 Å². The van der Waals surface area contributed by atoms with Crippen molar-refractivity contribution in [1.82, 2.24) is 4.98 Å². The molecule has 2 heterocycles. The summed E-state index contributed by atoms with van der Waals surface area (Å²) >= 11 is 5.15. The summed E-state index contributed by atoms with van der Waals surface area (Å²) in [6.45, 7) is 0.698. The molecule has 4 heteroatoms. The fraction of sp³-hybridized carbons (Fsp3) is 0.182. The zero-order valence-electron chi connectivity index (χ0n) is 8.02. The Hall–Kier alpha value is -0.870. The van der Waals surface area contributed by atoms with E-state index in [4.69, 9.17) is 4.74 Å². The number of halogens is 1. The van der Waals surface area contributed by atoms with Gasteiger partial charge in [-0.25, -0.2) is 0 Å². The molecule has 0 aliphatic rings. The van der Waals surface area contributed by atoms with Crippen LogP contribution >= 0.6 is 27.3 Å². The highest BCUT2D eigenvalue weighted by Crippen LogP contribution is 2.22. The standard InChI is InChI=1S/C11H10BrNOS/c12-10-8-13-5-3-11(10)14-6-4-9-2-1-7-15-9/h1-3,5,7-8H,4,6H2. The molecule has 0 amide bonds.